The summed E-state index contributed by atoms with van der Waals surface area (Å²) in [6, 6.07) is 13.1. The molecule has 0 aliphatic heterocycles. The van der Waals surface area contributed by atoms with Crippen LogP contribution < -0.4 is 14.9 Å². The molecule has 7 nitrogen and oxygen atoms in total. The summed E-state index contributed by atoms with van der Waals surface area (Å²) in [5, 5.41) is 7.30. The SMILES string of the molecule is CCOC(=O)Cc1csc(NN=Cc2ccc(OCc3ccc(Cl)cc3)c(OCC)c2)n1. The van der Waals surface area contributed by atoms with Crippen LogP contribution in [0.2, 0.25) is 5.02 Å². The van der Waals surface area contributed by atoms with E-state index in [0.717, 1.165) is 11.1 Å². The fourth-order valence-electron chi connectivity index (χ4n) is 2.70. The molecular formula is C23H24ClN3O4S. The van der Waals surface area contributed by atoms with Crippen LogP contribution in [0.15, 0.2) is 52.9 Å². The summed E-state index contributed by atoms with van der Waals surface area (Å²) in [5.74, 6) is 0.988. The molecule has 9 heteroatoms. The van der Waals surface area contributed by atoms with Crippen LogP contribution in [0.25, 0.3) is 0 Å². The Kier molecular flexibility index (Phi) is 8.89. The van der Waals surface area contributed by atoms with Gasteiger partial charge in [-0.05, 0) is 55.3 Å². The molecule has 0 spiro atoms. The van der Waals surface area contributed by atoms with E-state index in [1.54, 1.807) is 18.5 Å². The molecule has 1 aromatic heterocycles. The molecule has 1 heterocycles. The lowest BCUT2D eigenvalue weighted by atomic mass is 10.2. The second kappa shape index (κ2) is 12.1. The van der Waals surface area contributed by atoms with Crippen LogP contribution in [-0.4, -0.2) is 30.4 Å². The Labute approximate surface area is 196 Å². The van der Waals surface area contributed by atoms with Crippen molar-refractivity contribution in [1.82, 2.24) is 4.98 Å². The lowest BCUT2D eigenvalue weighted by Gasteiger charge is -2.12. The maximum atomic E-state index is 11.5. The van der Waals surface area contributed by atoms with E-state index >= 15 is 0 Å². The predicted molar refractivity (Wildman–Crippen MR) is 127 cm³/mol. The van der Waals surface area contributed by atoms with E-state index in [2.05, 4.69) is 15.5 Å². The number of aromatic nitrogens is 1. The average Bonchev–Trinajstić information content (AvgIpc) is 3.21. The van der Waals surface area contributed by atoms with Crippen LogP contribution in [0.1, 0.15) is 30.7 Å². The van der Waals surface area contributed by atoms with E-state index in [1.807, 2.05) is 49.4 Å². The highest BCUT2D eigenvalue weighted by atomic mass is 35.5. The summed E-state index contributed by atoms with van der Waals surface area (Å²) in [6.45, 7) is 4.97. The molecule has 168 valence electrons. The molecule has 32 heavy (non-hydrogen) atoms. The molecule has 0 saturated carbocycles. The fourth-order valence-corrected chi connectivity index (χ4v) is 3.48. The van der Waals surface area contributed by atoms with Gasteiger partial charge in [0.15, 0.2) is 11.5 Å². The largest absolute Gasteiger partial charge is 0.490 e. The van der Waals surface area contributed by atoms with Gasteiger partial charge in [0, 0.05) is 10.4 Å². The second-order valence-corrected chi connectivity index (χ2v) is 7.84. The molecular weight excluding hydrogens is 450 g/mol. The lowest BCUT2D eigenvalue weighted by molar-refractivity contribution is -0.142. The molecule has 0 fully saturated rings. The highest BCUT2D eigenvalue weighted by molar-refractivity contribution is 7.13. The second-order valence-electron chi connectivity index (χ2n) is 6.55. The number of hydrogen-bond acceptors (Lipinski definition) is 8. The number of rotatable bonds is 11. The van der Waals surface area contributed by atoms with Gasteiger partial charge < -0.3 is 14.2 Å². The molecule has 0 unspecified atom stereocenters. The zero-order chi connectivity index (χ0) is 22.8. The van der Waals surface area contributed by atoms with Gasteiger partial charge in [0.2, 0.25) is 5.13 Å². The van der Waals surface area contributed by atoms with Crippen molar-refractivity contribution in [3.63, 3.8) is 0 Å². The van der Waals surface area contributed by atoms with Crippen molar-refractivity contribution in [1.29, 1.82) is 0 Å². The molecule has 0 bridgehead atoms. The normalized spacial score (nSPS) is 10.8. The lowest BCUT2D eigenvalue weighted by Crippen LogP contribution is -2.07. The number of hydrogen-bond donors (Lipinski definition) is 1. The molecule has 0 radical (unpaired) electrons. The molecule has 0 atom stereocenters. The summed E-state index contributed by atoms with van der Waals surface area (Å²) in [6.07, 6.45) is 1.81. The van der Waals surface area contributed by atoms with Crippen molar-refractivity contribution < 1.29 is 19.0 Å². The molecule has 0 aliphatic carbocycles. The van der Waals surface area contributed by atoms with Crippen LogP contribution in [0.3, 0.4) is 0 Å². The average molecular weight is 474 g/mol. The van der Waals surface area contributed by atoms with Crippen molar-refractivity contribution in [2.45, 2.75) is 26.9 Å². The van der Waals surface area contributed by atoms with Gasteiger partial charge >= 0.3 is 5.97 Å². The first-order valence-corrected chi connectivity index (χ1v) is 11.4. The van der Waals surface area contributed by atoms with Gasteiger partial charge in [-0.25, -0.2) is 4.98 Å². The number of ether oxygens (including phenoxy) is 3. The summed E-state index contributed by atoms with van der Waals surface area (Å²) in [4.78, 5) is 15.9. The zero-order valence-electron chi connectivity index (χ0n) is 17.8. The minimum absolute atomic E-state index is 0.144. The molecule has 0 aliphatic rings. The minimum Gasteiger partial charge on any atom is -0.490 e. The van der Waals surface area contributed by atoms with Crippen molar-refractivity contribution in [3.8, 4) is 11.5 Å². The topological polar surface area (TPSA) is 82.0 Å². The Hall–Kier alpha value is -3.10. The van der Waals surface area contributed by atoms with Crippen molar-refractivity contribution >= 4 is 40.3 Å². The minimum atomic E-state index is -0.297. The van der Waals surface area contributed by atoms with Gasteiger partial charge in [0.25, 0.3) is 0 Å². The molecule has 3 aromatic rings. The van der Waals surface area contributed by atoms with Crippen LogP contribution in [0, 0.1) is 0 Å². The van der Waals surface area contributed by atoms with E-state index in [4.69, 9.17) is 25.8 Å². The number of hydrazone groups is 1. The maximum absolute atomic E-state index is 11.5. The Morgan fingerprint density at radius 2 is 1.94 bits per heavy atom. The first-order chi connectivity index (χ1) is 15.6. The number of carbonyl (C=O) groups is 1. The molecule has 0 amide bonds. The number of anilines is 1. The smallest absolute Gasteiger partial charge is 0.311 e. The third-order valence-electron chi connectivity index (χ3n) is 4.13. The summed E-state index contributed by atoms with van der Waals surface area (Å²) in [5.41, 5.74) is 5.37. The zero-order valence-corrected chi connectivity index (χ0v) is 19.4. The standard InChI is InChI=1S/C23H24ClN3O4S/c1-3-29-21-11-17(7-10-20(21)31-14-16-5-8-18(24)9-6-16)13-25-27-23-26-19(15-32-23)12-22(28)30-4-2/h5-11,13,15H,3-4,12,14H2,1-2H3,(H,26,27). The van der Waals surface area contributed by atoms with Gasteiger partial charge in [-0.2, -0.15) is 5.10 Å². The van der Waals surface area contributed by atoms with Gasteiger partial charge in [-0.3, -0.25) is 10.2 Å². The van der Waals surface area contributed by atoms with Crippen molar-refractivity contribution in [2.75, 3.05) is 18.6 Å². The molecule has 0 saturated heterocycles. The van der Waals surface area contributed by atoms with E-state index in [0.29, 0.717) is 47.2 Å². The highest BCUT2D eigenvalue weighted by Gasteiger charge is 2.09. The van der Waals surface area contributed by atoms with E-state index in [1.165, 1.54) is 11.3 Å². The Morgan fingerprint density at radius 1 is 1.12 bits per heavy atom. The number of halogens is 1. The van der Waals surface area contributed by atoms with Gasteiger partial charge in [-0.15, -0.1) is 11.3 Å². The third kappa shape index (κ3) is 7.25. The number of nitrogens with one attached hydrogen (secondary N) is 1. The van der Waals surface area contributed by atoms with Gasteiger partial charge in [0.1, 0.15) is 6.61 Å². The summed E-state index contributed by atoms with van der Waals surface area (Å²) in [7, 11) is 0. The van der Waals surface area contributed by atoms with Gasteiger partial charge in [0.05, 0.1) is 31.5 Å². The first kappa shape index (κ1) is 23.6. The maximum Gasteiger partial charge on any atom is 0.311 e. The Bertz CT molecular complexity index is 1050. The van der Waals surface area contributed by atoms with Crippen LogP contribution >= 0.6 is 22.9 Å². The highest BCUT2D eigenvalue weighted by Crippen LogP contribution is 2.29. The Balaban J connectivity index is 1.59. The number of carbonyl (C=O) groups excluding carboxylic acids is 1. The number of esters is 1. The predicted octanol–water partition coefficient (Wildman–Crippen LogP) is 5.33. The monoisotopic (exact) mass is 473 g/mol. The number of nitrogens with zero attached hydrogens (tertiary/aromatic N) is 2. The van der Waals surface area contributed by atoms with Crippen LogP contribution in [-0.2, 0) is 22.6 Å². The molecule has 2 aromatic carbocycles. The van der Waals surface area contributed by atoms with E-state index < -0.39 is 0 Å². The summed E-state index contributed by atoms with van der Waals surface area (Å²) < 4.78 is 16.6. The molecule has 1 N–H and O–H groups in total. The third-order valence-corrected chi connectivity index (χ3v) is 5.18. The molecule has 3 rings (SSSR count). The fraction of sp³-hybridized carbons (Fsp3) is 0.261. The summed E-state index contributed by atoms with van der Waals surface area (Å²) >= 11 is 7.29. The van der Waals surface area contributed by atoms with Crippen LogP contribution in [0.5, 0.6) is 11.5 Å². The van der Waals surface area contributed by atoms with Crippen LogP contribution in [0.4, 0.5) is 5.13 Å². The van der Waals surface area contributed by atoms with Crippen molar-refractivity contribution in [2.24, 2.45) is 5.10 Å². The van der Waals surface area contributed by atoms with E-state index in [-0.39, 0.29) is 12.4 Å². The number of thiazole rings is 1. The van der Waals surface area contributed by atoms with Gasteiger partial charge in [-0.1, -0.05) is 23.7 Å². The quantitative estimate of drug-likeness (QED) is 0.230. The number of benzene rings is 2. The van der Waals surface area contributed by atoms with Crippen molar-refractivity contribution in [3.05, 3.63) is 69.7 Å². The van der Waals surface area contributed by atoms with E-state index in [9.17, 15) is 4.79 Å². The first-order valence-electron chi connectivity index (χ1n) is 10.1. The Morgan fingerprint density at radius 3 is 2.69 bits per heavy atom.